The molecule has 2 rings (SSSR count). The third kappa shape index (κ3) is 3.71. The van der Waals surface area contributed by atoms with Crippen LogP contribution in [0.2, 0.25) is 0 Å². The number of halogens is 2. The van der Waals surface area contributed by atoms with E-state index in [9.17, 15) is 0 Å². The maximum Gasteiger partial charge on any atom is 0.0701 e. The van der Waals surface area contributed by atoms with Crippen LogP contribution in [0.15, 0.2) is 15.9 Å². The normalized spacial score (nSPS) is 20.6. The molecule has 1 atom stereocenters. The Kier molecular flexibility index (Phi) is 5.57. The van der Waals surface area contributed by atoms with E-state index in [1.807, 2.05) is 11.3 Å². The lowest BCUT2D eigenvalue weighted by Crippen LogP contribution is -2.32. The molecule has 0 amide bonds. The van der Waals surface area contributed by atoms with Crippen molar-refractivity contribution in [3.8, 4) is 0 Å². The number of hydrogen-bond acceptors (Lipinski definition) is 3. The van der Waals surface area contributed by atoms with Crippen LogP contribution in [0.25, 0.3) is 0 Å². The van der Waals surface area contributed by atoms with Gasteiger partial charge in [-0.25, -0.2) is 0 Å². The van der Waals surface area contributed by atoms with Gasteiger partial charge in [0.1, 0.15) is 0 Å². The van der Waals surface area contributed by atoms with Gasteiger partial charge >= 0.3 is 0 Å². The third-order valence-corrected chi connectivity index (χ3v) is 4.30. The Balaban J connectivity index is 0.00000112. The first-order valence-corrected chi connectivity index (χ1v) is 6.52. The van der Waals surface area contributed by atoms with Crippen molar-refractivity contribution in [2.75, 3.05) is 20.1 Å². The Morgan fingerprint density at radius 3 is 2.93 bits per heavy atom. The molecule has 0 aromatic carbocycles. The maximum absolute atomic E-state index is 3.49. The van der Waals surface area contributed by atoms with Crippen molar-refractivity contribution >= 4 is 39.7 Å². The minimum absolute atomic E-state index is 0. The summed E-state index contributed by atoms with van der Waals surface area (Å²) in [6, 6.07) is 5.05. The van der Waals surface area contributed by atoms with E-state index in [1.54, 1.807) is 0 Å². The van der Waals surface area contributed by atoms with Gasteiger partial charge in [-0.3, -0.25) is 4.90 Å². The predicted molar refractivity (Wildman–Crippen MR) is 72.0 cm³/mol. The minimum atomic E-state index is 0. The zero-order valence-electron chi connectivity index (χ0n) is 8.70. The molecule has 1 aromatic heterocycles. The SMILES string of the molecule is CN(Cc1ccc(Br)s1)C1CCNC1.Cl. The van der Waals surface area contributed by atoms with Crippen LogP contribution < -0.4 is 5.32 Å². The average molecular weight is 312 g/mol. The van der Waals surface area contributed by atoms with E-state index < -0.39 is 0 Å². The Morgan fingerprint density at radius 1 is 1.60 bits per heavy atom. The van der Waals surface area contributed by atoms with Gasteiger partial charge in [-0.15, -0.1) is 23.7 Å². The molecule has 2 nitrogen and oxygen atoms in total. The van der Waals surface area contributed by atoms with E-state index in [2.05, 4.69) is 45.3 Å². The average Bonchev–Trinajstić information content (AvgIpc) is 2.75. The molecule has 1 aliphatic rings. The van der Waals surface area contributed by atoms with Crippen molar-refractivity contribution in [1.82, 2.24) is 10.2 Å². The summed E-state index contributed by atoms with van der Waals surface area (Å²) >= 11 is 5.32. The van der Waals surface area contributed by atoms with Crippen molar-refractivity contribution in [3.63, 3.8) is 0 Å². The van der Waals surface area contributed by atoms with Crippen LogP contribution in [-0.2, 0) is 6.54 Å². The zero-order valence-corrected chi connectivity index (χ0v) is 11.9. The van der Waals surface area contributed by atoms with Crippen LogP contribution in [0, 0.1) is 0 Å². The van der Waals surface area contributed by atoms with E-state index in [0.717, 1.165) is 19.1 Å². The molecule has 5 heteroatoms. The van der Waals surface area contributed by atoms with E-state index in [1.165, 1.54) is 21.6 Å². The lowest BCUT2D eigenvalue weighted by Gasteiger charge is -2.22. The molecule has 1 aliphatic heterocycles. The van der Waals surface area contributed by atoms with Gasteiger partial charge in [-0.05, 0) is 48.1 Å². The molecule has 0 spiro atoms. The Morgan fingerprint density at radius 2 is 2.40 bits per heavy atom. The molecule has 86 valence electrons. The van der Waals surface area contributed by atoms with Gasteiger partial charge in [0.2, 0.25) is 0 Å². The minimum Gasteiger partial charge on any atom is -0.315 e. The number of hydrogen-bond donors (Lipinski definition) is 1. The summed E-state index contributed by atoms with van der Waals surface area (Å²) in [6.45, 7) is 3.38. The van der Waals surface area contributed by atoms with E-state index in [4.69, 9.17) is 0 Å². The molecule has 2 heterocycles. The van der Waals surface area contributed by atoms with Crippen LogP contribution in [0.5, 0.6) is 0 Å². The van der Waals surface area contributed by atoms with Gasteiger partial charge in [-0.2, -0.15) is 0 Å². The fraction of sp³-hybridized carbons (Fsp3) is 0.600. The lowest BCUT2D eigenvalue weighted by atomic mass is 10.2. The number of thiophene rings is 1. The quantitative estimate of drug-likeness (QED) is 0.923. The highest BCUT2D eigenvalue weighted by Crippen LogP contribution is 2.23. The monoisotopic (exact) mass is 310 g/mol. The van der Waals surface area contributed by atoms with Gasteiger partial charge in [0.05, 0.1) is 3.79 Å². The lowest BCUT2D eigenvalue weighted by molar-refractivity contribution is 0.251. The van der Waals surface area contributed by atoms with E-state index >= 15 is 0 Å². The van der Waals surface area contributed by atoms with Crippen molar-refractivity contribution in [2.45, 2.75) is 19.0 Å². The van der Waals surface area contributed by atoms with Gasteiger partial charge in [0.15, 0.2) is 0 Å². The topological polar surface area (TPSA) is 15.3 Å². The summed E-state index contributed by atoms with van der Waals surface area (Å²) < 4.78 is 1.23. The first-order chi connectivity index (χ1) is 6.75. The summed E-state index contributed by atoms with van der Waals surface area (Å²) in [7, 11) is 2.21. The fourth-order valence-corrected chi connectivity index (χ4v) is 3.37. The number of likely N-dealkylation sites (N-methyl/N-ethyl adjacent to an activating group) is 1. The van der Waals surface area contributed by atoms with E-state index in [0.29, 0.717) is 0 Å². The molecule has 15 heavy (non-hydrogen) atoms. The number of nitrogens with one attached hydrogen (secondary N) is 1. The predicted octanol–water partition coefficient (Wildman–Crippen LogP) is 2.73. The van der Waals surface area contributed by atoms with Crippen molar-refractivity contribution in [3.05, 3.63) is 20.8 Å². The fourth-order valence-electron chi connectivity index (χ4n) is 1.83. The summed E-state index contributed by atoms with van der Waals surface area (Å²) in [5.41, 5.74) is 0. The smallest absolute Gasteiger partial charge is 0.0701 e. The van der Waals surface area contributed by atoms with Crippen molar-refractivity contribution in [1.29, 1.82) is 0 Å². The Hall–Kier alpha value is 0.390. The van der Waals surface area contributed by atoms with Crippen molar-refractivity contribution in [2.24, 2.45) is 0 Å². The summed E-state index contributed by atoms with van der Waals surface area (Å²) in [5, 5.41) is 3.40. The van der Waals surface area contributed by atoms with Crippen molar-refractivity contribution < 1.29 is 0 Å². The molecule has 0 aliphatic carbocycles. The highest BCUT2D eigenvalue weighted by molar-refractivity contribution is 9.11. The number of rotatable bonds is 3. The van der Waals surface area contributed by atoms with E-state index in [-0.39, 0.29) is 12.4 Å². The first kappa shape index (κ1) is 13.5. The van der Waals surface area contributed by atoms with Gasteiger partial charge in [0.25, 0.3) is 0 Å². The third-order valence-electron chi connectivity index (χ3n) is 2.69. The summed E-state index contributed by atoms with van der Waals surface area (Å²) in [6.07, 6.45) is 1.28. The molecule has 1 saturated heterocycles. The largest absolute Gasteiger partial charge is 0.315 e. The molecule has 1 N–H and O–H groups in total. The second-order valence-corrected chi connectivity index (χ2v) is 6.32. The molecule has 0 saturated carbocycles. The second-order valence-electron chi connectivity index (χ2n) is 3.77. The highest BCUT2D eigenvalue weighted by atomic mass is 79.9. The summed E-state index contributed by atoms with van der Waals surface area (Å²) in [4.78, 5) is 3.88. The Bertz CT molecular complexity index is 299. The number of nitrogens with zero attached hydrogens (tertiary/aromatic N) is 1. The molecular formula is C10H16BrClN2S. The van der Waals surface area contributed by atoms with Crippen LogP contribution in [0.3, 0.4) is 0 Å². The second kappa shape index (κ2) is 6.21. The molecule has 0 radical (unpaired) electrons. The van der Waals surface area contributed by atoms with Gasteiger partial charge in [0, 0.05) is 24.0 Å². The highest BCUT2D eigenvalue weighted by Gasteiger charge is 2.19. The van der Waals surface area contributed by atoms with Crippen LogP contribution in [0.4, 0.5) is 0 Å². The molecule has 1 aromatic rings. The van der Waals surface area contributed by atoms with Gasteiger partial charge in [-0.1, -0.05) is 0 Å². The van der Waals surface area contributed by atoms with Gasteiger partial charge < -0.3 is 5.32 Å². The van der Waals surface area contributed by atoms with Crippen LogP contribution >= 0.6 is 39.7 Å². The zero-order chi connectivity index (χ0) is 9.97. The standard InChI is InChI=1S/C10H15BrN2S.ClH/c1-13(8-4-5-12-6-8)7-9-2-3-10(11)14-9;/h2-3,8,12H,4-7H2,1H3;1H. The molecule has 1 fully saturated rings. The maximum atomic E-state index is 3.49. The van der Waals surface area contributed by atoms with Crippen LogP contribution in [-0.4, -0.2) is 31.1 Å². The molecule has 0 bridgehead atoms. The first-order valence-electron chi connectivity index (χ1n) is 4.91. The molecule has 1 unspecified atom stereocenters. The molecular weight excluding hydrogens is 296 g/mol. The van der Waals surface area contributed by atoms with Crippen LogP contribution in [0.1, 0.15) is 11.3 Å². The summed E-state index contributed by atoms with van der Waals surface area (Å²) in [5.74, 6) is 0. The Labute approximate surface area is 110 Å².